The molecule has 0 spiro atoms. The second-order valence-corrected chi connectivity index (χ2v) is 6.28. The molecule has 0 bridgehead atoms. The molecule has 6 heteroatoms. The summed E-state index contributed by atoms with van der Waals surface area (Å²) in [6.07, 6.45) is 3.60. The lowest BCUT2D eigenvalue weighted by atomic mass is 10.0. The van der Waals surface area contributed by atoms with Gasteiger partial charge in [0.2, 0.25) is 5.91 Å². The zero-order valence-electron chi connectivity index (χ0n) is 14.9. The molecule has 0 aliphatic rings. The molecule has 1 amide bonds. The minimum absolute atomic E-state index is 0.157. The highest BCUT2D eigenvalue weighted by atomic mass is 19.1. The summed E-state index contributed by atoms with van der Waals surface area (Å²) in [4.78, 5) is 16.6. The average Bonchev–Trinajstić information content (AvgIpc) is 3.13. The second-order valence-electron chi connectivity index (χ2n) is 6.28. The number of hydrogen-bond donors (Lipinski definition) is 2. The van der Waals surface area contributed by atoms with Crippen molar-refractivity contribution in [3.8, 4) is 22.4 Å². The molecule has 0 fully saturated rings. The van der Waals surface area contributed by atoms with Crippen LogP contribution in [0.3, 0.4) is 0 Å². The van der Waals surface area contributed by atoms with Gasteiger partial charge >= 0.3 is 0 Å². The van der Waals surface area contributed by atoms with Crippen molar-refractivity contribution in [3.63, 3.8) is 0 Å². The number of H-pyrrole nitrogens is 1. The number of amides is 1. The number of halogens is 1. The van der Waals surface area contributed by atoms with Crippen molar-refractivity contribution in [2.24, 2.45) is 0 Å². The lowest BCUT2D eigenvalue weighted by molar-refractivity contribution is -0.115. The molecule has 0 unspecified atom stereocenters. The molecule has 5 nitrogen and oxygen atoms in total. The van der Waals surface area contributed by atoms with Crippen LogP contribution in [0.25, 0.3) is 22.4 Å². The van der Waals surface area contributed by atoms with E-state index in [1.54, 1.807) is 24.5 Å². The van der Waals surface area contributed by atoms with Crippen molar-refractivity contribution in [1.29, 1.82) is 0 Å². The van der Waals surface area contributed by atoms with Crippen LogP contribution in [0.4, 0.5) is 10.2 Å². The molecule has 0 saturated carbocycles. The molecule has 0 radical (unpaired) electrons. The van der Waals surface area contributed by atoms with Crippen LogP contribution < -0.4 is 5.32 Å². The van der Waals surface area contributed by atoms with Crippen LogP contribution >= 0.6 is 0 Å². The van der Waals surface area contributed by atoms with E-state index in [0.717, 1.165) is 22.3 Å². The molecular weight excluding hydrogens is 355 g/mol. The summed E-state index contributed by atoms with van der Waals surface area (Å²) in [5, 5.41) is 10.2. The Balaban J connectivity index is 1.69. The number of benzene rings is 2. The second kappa shape index (κ2) is 7.84. The third-order valence-electron chi connectivity index (χ3n) is 4.32. The van der Waals surface area contributed by atoms with E-state index in [1.165, 1.54) is 12.1 Å². The molecule has 2 aromatic carbocycles. The zero-order chi connectivity index (χ0) is 19.3. The summed E-state index contributed by atoms with van der Waals surface area (Å²) in [5.74, 6) is 0.0170. The molecule has 138 valence electrons. The van der Waals surface area contributed by atoms with Crippen molar-refractivity contribution >= 4 is 11.7 Å². The van der Waals surface area contributed by atoms with Crippen LogP contribution in [0.2, 0.25) is 0 Å². The molecule has 2 heterocycles. The van der Waals surface area contributed by atoms with Crippen LogP contribution in [-0.4, -0.2) is 21.1 Å². The number of anilines is 1. The van der Waals surface area contributed by atoms with Gasteiger partial charge in [0, 0.05) is 18.0 Å². The fourth-order valence-electron chi connectivity index (χ4n) is 3.01. The van der Waals surface area contributed by atoms with Gasteiger partial charge in [-0.3, -0.25) is 14.9 Å². The van der Waals surface area contributed by atoms with Crippen molar-refractivity contribution in [1.82, 2.24) is 15.2 Å². The van der Waals surface area contributed by atoms with Crippen LogP contribution in [-0.2, 0) is 11.2 Å². The maximum absolute atomic E-state index is 13.3. The topological polar surface area (TPSA) is 70.7 Å². The Bertz CT molecular complexity index is 1080. The predicted octanol–water partition coefficient (Wildman–Crippen LogP) is 4.46. The quantitative estimate of drug-likeness (QED) is 0.543. The summed E-state index contributed by atoms with van der Waals surface area (Å²) in [6.45, 7) is 0. The zero-order valence-corrected chi connectivity index (χ0v) is 14.9. The van der Waals surface area contributed by atoms with E-state index in [0.29, 0.717) is 11.5 Å². The molecule has 2 N–H and O–H groups in total. The normalized spacial score (nSPS) is 10.6. The molecule has 4 rings (SSSR count). The Kier molecular flexibility index (Phi) is 4.93. The molecule has 4 aromatic rings. The monoisotopic (exact) mass is 372 g/mol. The van der Waals surface area contributed by atoms with Crippen molar-refractivity contribution in [2.45, 2.75) is 6.42 Å². The number of pyridine rings is 1. The Morgan fingerprint density at radius 1 is 0.929 bits per heavy atom. The summed E-state index contributed by atoms with van der Waals surface area (Å²) in [5.41, 5.74) is 3.87. The number of rotatable bonds is 5. The lowest BCUT2D eigenvalue weighted by Crippen LogP contribution is -2.15. The van der Waals surface area contributed by atoms with E-state index < -0.39 is 0 Å². The van der Waals surface area contributed by atoms with E-state index in [-0.39, 0.29) is 18.1 Å². The number of aromatic nitrogens is 3. The van der Waals surface area contributed by atoms with Gasteiger partial charge in [0.1, 0.15) is 17.3 Å². The highest BCUT2D eigenvalue weighted by Gasteiger charge is 2.18. The van der Waals surface area contributed by atoms with Crippen molar-refractivity contribution in [3.05, 3.63) is 90.5 Å². The van der Waals surface area contributed by atoms with Gasteiger partial charge < -0.3 is 5.32 Å². The first-order valence-electron chi connectivity index (χ1n) is 8.79. The van der Waals surface area contributed by atoms with E-state index in [4.69, 9.17) is 0 Å². The number of nitrogens with one attached hydrogen (secondary N) is 2. The van der Waals surface area contributed by atoms with Gasteiger partial charge in [-0.1, -0.05) is 30.3 Å². The van der Waals surface area contributed by atoms with Gasteiger partial charge in [-0.2, -0.15) is 5.10 Å². The van der Waals surface area contributed by atoms with Gasteiger partial charge in [-0.15, -0.1) is 0 Å². The lowest BCUT2D eigenvalue weighted by Gasteiger charge is -2.08. The third kappa shape index (κ3) is 3.81. The van der Waals surface area contributed by atoms with E-state index in [2.05, 4.69) is 20.5 Å². The molecule has 0 aliphatic carbocycles. The van der Waals surface area contributed by atoms with Crippen molar-refractivity contribution < 1.29 is 9.18 Å². The summed E-state index contributed by atoms with van der Waals surface area (Å²) in [7, 11) is 0. The Hall–Kier alpha value is -3.80. The van der Waals surface area contributed by atoms with Gasteiger partial charge in [-0.05, 0) is 47.5 Å². The smallest absolute Gasteiger partial charge is 0.229 e. The Morgan fingerprint density at radius 2 is 1.64 bits per heavy atom. The Labute approximate surface area is 161 Å². The molecule has 28 heavy (non-hydrogen) atoms. The number of aromatic amines is 1. The van der Waals surface area contributed by atoms with E-state index >= 15 is 0 Å². The minimum Gasteiger partial charge on any atom is -0.310 e. The number of hydrogen-bond acceptors (Lipinski definition) is 3. The summed E-state index contributed by atoms with van der Waals surface area (Å²) in [6, 6.07) is 19.3. The molecular formula is C22H17FN4O. The van der Waals surface area contributed by atoms with Gasteiger partial charge in [0.05, 0.1) is 12.0 Å². The minimum atomic E-state index is -0.318. The average molecular weight is 372 g/mol. The summed E-state index contributed by atoms with van der Waals surface area (Å²) >= 11 is 0. The maximum atomic E-state index is 13.3. The van der Waals surface area contributed by atoms with E-state index in [1.807, 2.05) is 42.5 Å². The standard InChI is InChI=1S/C22H17FN4O/c23-18-8-6-17(7-9-18)21-20(16-10-12-24-13-11-16)22(27-26-21)25-19(28)14-15-4-2-1-3-5-15/h1-13H,14H2,(H2,25,26,27,28). The number of carbonyl (C=O) groups excluding carboxylic acids is 1. The van der Waals surface area contributed by atoms with Crippen LogP contribution in [0.15, 0.2) is 79.1 Å². The van der Waals surface area contributed by atoms with Crippen LogP contribution in [0, 0.1) is 5.82 Å². The fourth-order valence-corrected chi connectivity index (χ4v) is 3.01. The van der Waals surface area contributed by atoms with Gasteiger partial charge in [-0.25, -0.2) is 4.39 Å². The molecule has 0 aliphatic heterocycles. The third-order valence-corrected chi connectivity index (χ3v) is 4.32. The summed E-state index contributed by atoms with van der Waals surface area (Å²) < 4.78 is 13.3. The molecule has 2 aromatic heterocycles. The first kappa shape index (κ1) is 17.6. The van der Waals surface area contributed by atoms with Crippen molar-refractivity contribution in [2.75, 3.05) is 5.32 Å². The number of nitrogens with zero attached hydrogens (tertiary/aromatic N) is 2. The maximum Gasteiger partial charge on any atom is 0.229 e. The first-order chi connectivity index (χ1) is 13.7. The first-order valence-corrected chi connectivity index (χ1v) is 8.79. The van der Waals surface area contributed by atoms with E-state index in [9.17, 15) is 9.18 Å². The van der Waals surface area contributed by atoms with Gasteiger partial charge in [0.15, 0.2) is 0 Å². The fraction of sp³-hybridized carbons (Fsp3) is 0.0455. The van der Waals surface area contributed by atoms with Crippen LogP contribution in [0.1, 0.15) is 5.56 Å². The van der Waals surface area contributed by atoms with Gasteiger partial charge in [0.25, 0.3) is 0 Å². The van der Waals surface area contributed by atoms with Crippen LogP contribution in [0.5, 0.6) is 0 Å². The largest absolute Gasteiger partial charge is 0.310 e. The molecule has 0 saturated heterocycles. The predicted molar refractivity (Wildman–Crippen MR) is 106 cm³/mol. The highest BCUT2D eigenvalue weighted by Crippen LogP contribution is 2.35. The SMILES string of the molecule is O=C(Cc1ccccc1)Nc1[nH]nc(-c2ccc(F)cc2)c1-c1ccncc1. The number of carbonyl (C=O) groups is 1. The highest BCUT2D eigenvalue weighted by molar-refractivity contribution is 5.98. The Morgan fingerprint density at radius 3 is 2.36 bits per heavy atom. The molecule has 0 atom stereocenters.